The monoisotopic (exact) mass is 208 g/mol. The number of nitrogens with two attached hydrogens (primary N) is 1. The third kappa shape index (κ3) is 3.80. The van der Waals surface area contributed by atoms with Gasteiger partial charge in [-0.3, -0.25) is 0 Å². The van der Waals surface area contributed by atoms with Crippen LogP contribution in [0.1, 0.15) is 12.5 Å². The first kappa shape index (κ1) is 11.9. The minimum atomic E-state index is 0.496. The van der Waals surface area contributed by atoms with Gasteiger partial charge in [0, 0.05) is 25.0 Å². The second-order valence-electron chi connectivity index (χ2n) is 4.02. The van der Waals surface area contributed by atoms with E-state index in [-0.39, 0.29) is 0 Å². The lowest BCUT2D eigenvalue weighted by Crippen LogP contribution is -2.16. The number of aryl methyl sites for hydroxylation is 1. The molecule has 1 aromatic rings. The first-order valence-corrected chi connectivity index (χ1v) is 5.22. The minimum absolute atomic E-state index is 0.496. The van der Waals surface area contributed by atoms with Gasteiger partial charge in [-0.1, -0.05) is 13.0 Å². The van der Waals surface area contributed by atoms with E-state index in [1.165, 1.54) is 5.56 Å². The summed E-state index contributed by atoms with van der Waals surface area (Å²) in [6.45, 7) is 5.90. The van der Waals surface area contributed by atoms with Gasteiger partial charge >= 0.3 is 0 Å². The van der Waals surface area contributed by atoms with E-state index in [4.69, 9.17) is 10.5 Å². The number of methoxy groups -OCH3 is 1. The second kappa shape index (κ2) is 5.61. The van der Waals surface area contributed by atoms with Crippen molar-refractivity contribution in [3.05, 3.63) is 23.8 Å². The summed E-state index contributed by atoms with van der Waals surface area (Å²) in [5.74, 6) is 0.496. The molecule has 0 radical (unpaired) electrons. The quantitative estimate of drug-likeness (QED) is 0.730. The topological polar surface area (TPSA) is 47.3 Å². The fourth-order valence-corrected chi connectivity index (χ4v) is 1.46. The fourth-order valence-electron chi connectivity index (χ4n) is 1.46. The van der Waals surface area contributed by atoms with E-state index < -0.39 is 0 Å². The summed E-state index contributed by atoms with van der Waals surface area (Å²) in [4.78, 5) is 0. The lowest BCUT2D eigenvalue weighted by atomic mass is 10.1. The van der Waals surface area contributed by atoms with Crippen molar-refractivity contribution in [2.45, 2.75) is 13.8 Å². The molecule has 84 valence electrons. The highest BCUT2D eigenvalue weighted by Crippen LogP contribution is 2.18. The first-order chi connectivity index (χ1) is 7.13. The molecule has 0 bridgehead atoms. The fraction of sp³-hybridized carbons (Fsp3) is 0.500. The Balaban J connectivity index is 2.53. The average molecular weight is 208 g/mol. The Morgan fingerprint density at radius 3 is 2.87 bits per heavy atom. The molecule has 0 saturated carbocycles. The van der Waals surface area contributed by atoms with Crippen molar-refractivity contribution in [1.82, 2.24) is 0 Å². The Labute approximate surface area is 91.6 Å². The molecule has 3 nitrogen and oxygen atoms in total. The van der Waals surface area contributed by atoms with Crippen molar-refractivity contribution in [3.63, 3.8) is 0 Å². The van der Waals surface area contributed by atoms with Crippen LogP contribution < -0.4 is 11.1 Å². The largest absolute Gasteiger partial charge is 0.399 e. The predicted molar refractivity (Wildman–Crippen MR) is 65.1 cm³/mol. The van der Waals surface area contributed by atoms with E-state index in [0.29, 0.717) is 5.92 Å². The minimum Gasteiger partial charge on any atom is -0.399 e. The molecular formula is C12H20N2O. The number of ether oxygens (including phenoxy) is 1. The summed E-state index contributed by atoms with van der Waals surface area (Å²) in [5, 5.41) is 3.38. The van der Waals surface area contributed by atoms with Gasteiger partial charge in [0.25, 0.3) is 0 Å². The van der Waals surface area contributed by atoms with E-state index >= 15 is 0 Å². The third-order valence-electron chi connectivity index (χ3n) is 2.35. The number of hydrogen-bond acceptors (Lipinski definition) is 3. The highest BCUT2D eigenvalue weighted by molar-refractivity contribution is 5.59. The zero-order valence-corrected chi connectivity index (χ0v) is 9.71. The van der Waals surface area contributed by atoms with Crippen molar-refractivity contribution >= 4 is 11.4 Å². The Hall–Kier alpha value is -1.22. The van der Waals surface area contributed by atoms with Gasteiger partial charge in [0.15, 0.2) is 0 Å². The van der Waals surface area contributed by atoms with Crippen LogP contribution in [-0.4, -0.2) is 20.3 Å². The number of benzene rings is 1. The molecule has 1 unspecified atom stereocenters. The second-order valence-corrected chi connectivity index (χ2v) is 4.02. The maximum atomic E-state index is 5.73. The molecule has 0 aliphatic carbocycles. The molecule has 1 rings (SSSR count). The van der Waals surface area contributed by atoms with Crippen LogP contribution in [0.2, 0.25) is 0 Å². The molecule has 3 N–H and O–H groups in total. The summed E-state index contributed by atoms with van der Waals surface area (Å²) in [7, 11) is 1.72. The smallest absolute Gasteiger partial charge is 0.0504 e. The van der Waals surface area contributed by atoms with Gasteiger partial charge in [-0.05, 0) is 30.5 Å². The number of hydrogen-bond donors (Lipinski definition) is 2. The first-order valence-electron chi connectivity index (χ1n) is 5.22. The zero-order chi connectivity index (χ0) is 11.3. The number of rotatable bonds is 5. The highest BCUT2D eigenvalue weighted by Gasteiger charge is 2.03. The van der Waals surface area contributed by atoms with Crippen LogP contribution in [0.15, 0.2) is 18.2 Å². The Morgan fingerprint density at radius 1 is 1.47 bits per heavy atom. The van der Waals surface area contributed by atoms with E-state index in [1.54, 1.807) is 7.11 Å². The normalized spacial score (nSPS) is 12.5. The maximum Gasteiger partial charge on any atom is 0.0504 e. The molecule has 0 fully saturated rings. The standard InChI is InChI=1S/C12H20N2O/c1-9(8-15-3)7-14-12-6-11(13)5-4-10(12)2/h4-6,9,14H,7-8,13H2,1-3H3. The van der Waals surface area contributed by atoms with Crippen molar-refractivity contribution in [1.29, 1.82) is 0 Å². The number of anilines is 2. The van der Waals surface area contributed by atoms with Crippen LogP contribution in [0.3, 0.4) is 0 Å². The molecule has 0 aliphatic heterocycles. The molecule has 3 heteroatoms. The molecule has 0 heterocycles. The zero-order valence-electron chi connectivity index (χ0n) is 9.71. The van der Waals surface area contributed by atoms with Crippen LogP contribution in [0.4, 0.5) is 11.4 Å². The van der Waals surface area contributed by atoms with Crippen LogP contribution in [0.5, 0.6) is 0 Å². The highest BCUT2D eigenvalue weighted by atomic mass is 16.5. The Kier molecular flexibility index (Phi) is 4.43. The molecule has 0 amide bonds. The van der Waals surface area contributed by atoms with Gasteiger partial charge in [-0.15, -0.1) is 0 Å². The average Bonchev–Trinajstić information content (AvgIpc) is 2.20. The number of nitrogen functional groups attached to an aromatic ring is 1. The summed E-state index contributed by atoms with van der Waals surface area (Å²) < 4.78 is 5.08. The van der Waals surface area contributed by atoms with Gasteiger partial charge in [0.05, 0.1) is 6.61 Å². The number of nitrogens with one attached hydrogen (secondary N) is 1. The summed E-state index contributed by atoms with van der Waals surface area (Å²) >= 11 is 0. The molecular weight excluding hydrogens is 188 g/mol. The van der Waals surface area contributed by atoms with Crippen LogP contribution in [-0.2, 0) is 4.74 Å². The van der Waals surface area contributed by atoms with Gasteiger partial charge in [0.1, 0.15) is 0 Å². The molecule has 0 aliphatic rings. The van der Waals surface area contributed by atoms with Gasteiger partial charge in [-0.2, -0.15) is 0 Å². The lowest BCUT2D eigenvalue weighted by molar-refractivity contribution is 0.164. The van der Waals surface area contributed by atoms with Crippen molar-refractivity contribution in [2.75, 3.05) is 31.3 Å². The molecule has 0 aromatic heterocycles. The van der Waals surface area contributed by atoms with E-state index in [2.05, 4.69) is 19.2 Å². The summed E-state index contributed by atoms with van der Waals surface area (Å²) in [5.41, 5.74) is 8.85. The van der Waals surface area contributed by atoms with Crippen molar-refractivity contribution < 1.29 is 4.74 Å². The van der Waals surface area contributed by atoms with E-state index in [1.807, 2.05) is 18.2 Å². The predicted octanol–water partition coefficient (Wildman–Crippen LogP) is 2.27. The van der Waals surface area contributed by atoms with E-state index in [0.717, 1.165) is 24.5 Å². The molecule has 15 heavy (non-hydrogen) atoms. The SMILES string of the molecule is COCC(C)CNc1cc(N)ccc1C. The molecule has 1 aromatic carbocycles. The summed E-state index contributed by atoms with van der Waals surface area (Å²) in [6, 6.07) is 5.91. The Bertz CT molecular complexity index is 312. The molecule has 1 atom stereocenters. The van der Waals surface area contributed by atoms with Gasteiger partial charge < -0.3 is 15.8 Å². The lowest BCUT2D eigenvalue weighted by Gasteiger charge is -2.14. The van der Waals surface area contributed by atoms with Crippen molar-refractivity contribution in [2.24, 2.45) is 5.92 Å². The summed E-state index contributed by atoms with van der Waals surface area (Å²) in [6.07, 6.45) is 0. The maximum absolute atomic E-state index is 5.73. The Morgan fingerprint density at radius 2 is 2.20 bits per heavy atom. The van der Waals surface area contributed by atoms with Gasteiger partial charge in [-0.25, -0.2) is 0 Å². The van der Waals surface area contributed by atoms with E-state index in [9.17, 15) is 0 Å². The molecule has 0 spiro atoms. The van der Waals surface area contributed by atoms with Crippen LogP contribution in [0.25, 0.3) is 0 Å². The third-order valence-corrected chi connectivity index (χ3v) is 2.35. The van der Waals surface area contributed by atoms with Crippen LogP contribution in [0, 0.1) is 12.8 Å². The van der Waals surface area contributed by atoms with Gasteiger partial charge in [0.2, 0.25) is 0 Å². The van der Waals surface area contributed by atoms with Crippen LogP contribution >= 0.6 is 0 Å². The van der Waals surface area contributed by atoms with Crippen molar-refractivity contribution in [3.8, 4) is 0 Å². The molecule has 0 saturated heterocycles.